The Kier molecular flexibility index (Phi) is 8.78. The number of hydrogen-bond donors (Lipinski definition) is 2. The first-order valence-corrected chi connectivity index (χ1v) is 3.87. The lowest BCUT2D eigenvalue weighted by Crippen LogP contribution is -2.13. The maximum absolute atomic E-state index is 6.54. The molecule has 0 amide bonds. The van der Waals surface area contributed by atoms with Crippen LogP contribution in [0.5, 0.6) is 0 Å². The van der Waals surface area contributed by atoms with Gasteiger partial charge in [0, 0.05) is 0 Å². The molecule has 0 spiro atoms. The van der Waals surface area contributed by atoms with Crippen molar-refractivity contribution in [3.05, 3.63) is 0 Å². The van der Waals surface area contributed by atoms with Gasteiger partial charge in [-0.05, 0) is 26.8 Å². The monoisotopic (exact) mass is 157 g/mol. The van der Waals surface area contributed by atoms with Crippen LogP contribution in [0.3, 0.4) is 0 Å². The van der Waals surface area contributed by atoms with E-state index in [1.807, 2.05) is 33.7 Å². The van der Waals surface area contributed by atoms with Gasteiger partial charge in [-0.25, -0.2) is 10.4 Å². The Hall–Kier alpha value is -0.660. The van der Waals surface area contributed by atoms with E-state index < -0.39 is 0 Å². The summed E-state index contributed by atoms with van der Waals surface area (Å²) in [5.74, 6) is 0. The minimum atomic E-state index is -0.0816. The van der Waals surface area contributed by atoms with E-state index in [1.54, 1.807) is 0 Å². The average molecular weight is 157 g/mol. The van der Waals surface area contributed by atoms with Crippen molar-refractivity contribution in [2.75, 3.05) is 6.54 Å². The molecule has 0 aromatic carbocycles. The third kappa shape index (κ3) is 12.5. The van der Waals surface area contributed by atoms with Crippen LogP contribution in [0.1, 0.15) is 34.1 Å². The van der Waals surface area contributed by atoms with Crippen LogP contribution in [0.2, 0.25) is 0 Å². The number of nitrogens with zero attached hydrogens (tertiary/aromatic N) is 1. The fourth-order valence-corrected chi connectivity index (χ4v) is 0.230. The van der Waals surface area contributed by atoms with Crippen LogP contribution in [0, 0.1) is 5.41 Å². The number of rotatable bonds is 2. The van der Waals surface area contributed by atoms with Gasteiger partial charge < -0.3 is 5.73 Å². The average Bonchev–Trinajstić information content (AvgIpc) is 1.90. The molecule has 3 nitrogen and oxygen atoms in total. The van der Waals surface area contributed by atoms with Crippen LogP contribution in [0.4, 0.5) is 0 Å². The van der Waals surface area contributed by atoms with Crippen molar-refractivity contribution < 1.29 is 0 Å². The van der Waals surface area contributed by atoms with E-state index in [2.05, 4.69) is 4.99 Å². The summed E-state index contributed by atoms with van der Waals surface area (Å²) in [4.78, 5) is 3.79. The molecular formula is C8H19N3. The molecule has 0 aliphatic carbocycles. The highest BCUT2D eigenvalue weighted by Gasteiger charge is 2.10. The summed E-state index contributed by atoms with van der Waals surface area (Å²) in [5, 5.41) is 6.54. The smallest absolute Gasteiger partial charge is 0.0867 e. The van der Waals surface area contributed by atoms with Crippen LogP contribution >= 0.6 is 0 Å². The standard InChI is InChI=1S/C6H12N2.C2H7N/c1-4-6(2,3)8-5-7;1-2-3/h7H,4H2,1-3H3;2-3H2,1H3. The van der Waals surface area contributed by atoms with Crippen molar-refractivity contribution in [2.24, 2.45) is 10.7 Å². The molecule has 0 bridgehead atoms. The Morgan fingerprint density at radius 1 is 1.45 bits per heavy atom. The first kappa shape index (κ1) is 13.0. The van der Waals surface area contributed by atoms with Crippen molar-refractivity contribution in [1.82, 2.24) is 0 Å². The van der Waals surface area contributed by atoms with Crippen molar-refractivity contribution in [1.29, 1.82) is 5.41 Å². The molecule has 66 valence electrons. The predicted octanol–water partition coefficient (Wildman–Crippen LogP) is 1.89. The van der Waals surface area contributed by atoms with Crippen molar-refractivity contribution in [3.63, 3.8) is 0 Å². The van der Waals surface area contributed by atoms with E-state index in [0.717, 1.165) is 13.0 Å². The van der Waals surface area contributed by atoms with Gasteiger partial charge in [0.05, 0.1) is 11.5 Å². The van der Waals surface area contributed by atoms with Crippen LogP contribution in [0.15, 0.2) is 4.99 Å². The number of nitrogens with two attached hydrogens (primary N) is 1. The summed E-state index contributed by atoms with van der Waals surface area (Å²) < 4.78 is 0. The van der Waals surface area contributed by atoms with Crippen LogP contribution in [0.25, 0.3) is 0 Å². The zero-order chi connectivity index (χ0) is 9.33. The van der Waals surface area contributed by atoms with Gasteiger partial charge in [-0.15, -0.1) is 0 Å². The second-order valence-corrected chi connectivity index (χ2v) is 2.80. The molecule has 3 N–H and O–H groups in total. The van der Waals surface area contributed by atoms with Crippen molar-refractivity contribution in [2.45, 2.75) is 39.7 Å². The summed E-state index contributed by atoms with van der Waals surface area (Å²) in [7, 11) is 0. The quantitative estimate of drug-likeness (QED) is 0.591. The summed E-state index contributed by atoms with van der Waals surface area (Å²) in [6.07, 6.45) is 0.957. The molecule has 0 heterocycles. The van der Waals surface area contributed by atoms with Gasteiger partial charge in [-0.3, -0.25) is 0 Å². The van der Waals surface area contributed by atoms with Crippen molar-refractivity contribution in [3.8, 4) is 0 Å². The summed E-state index contributed by atoms with van der Waals surface area (Å²) in [6.45, 7) is 8.66. The van der Waals surface area contributed by atoms with Gasteiger partial charge in [0.15, 0.2) is 0 Å². The summed E-state index contributed by atoms with van der Waals surface area (Å²) >= 11 is 0. The maximum Gasteiger partial charge on any atom is 0.0867 e. The maximum atomic E-state index is 6.54. The highest BCUT2D eigenvalue weighted by atomic mass is 14.8. The molecule has 11 heavy (non-hydrogen) atoms. The van der Waals surface area contributed by atoms with Crippen molar-refractivity contribution >= 4 is 6.01 Å². The molecule has 0 saturated heterocycles. The molecule has 0 unspecified atom stereocenters. The predicted molar refractivity (Wildman–Crippen MR) is 49.3 cm³/mol. The van der Waals surface area contributed by atoms with E-state index in [1.165, 1.54) is 0 Å². The first-order valence-electron chi connectivity index (χ1n) is 3.87. The molecule has 0 aliphatic heterocycles. The highest BCUT2D eigenvalue weighted by Crippen LogP contribution is 2.10. The molecule has 0 fully saturated rings. The summed E-state index contributed by atoms with van der Waals surface area (Å²) in [6, 6.07) is 2.03. The number of hydrogen-bond acceptors (Lipinski definition) is 3. The first-order chi connectivity index (χ1) is 5.04. The molecule has 0 rings (SSSR count). The van der Waals surface area contributed by atoms with E-state index in [0.29, 0.717) is 0 Å². The third-order valence-electron chi connectivity index (χ3n) is 1.22. The Bertz CT molecular complexity index is 123. The summed E-state index contributed by atoms with van der Waals surface area (Å²) in [5.41, 5.74) is 4.77. The Morgan fingerprint density at radius 3 is 1.91 bits per heavy atom. The minimum Gasteiger partial charge on any atom is -0.331 e. The van der Waals surface area contributed by atoms with E-state index in [4.69, 9.17) is 11.1 Å². The molecule has 0 radical (unpaired) electrons. The van der Waals surface area contributed by atoms with E-state index >= 15 is 0 Å². The fraction of sp³-hybridized carbons (Fsp3) is 0.875. The van der Waals surface area contributed by atoms with E-state index in [9.17, 15) is 0 Å². The van der Waals surface area contributed by atoms with Gasteiger partial charge in [0.2, 0.25) is 0 Å². The molecule has 0 aliphatic rings. The third-order valence-corrected chi connectivity index (χ3v) is 1.22. The Labute approximate surface area is 69.2 Å². The molecule has 3 heteroatoms. The van der Waals surface area contributed by atoms with Gasteiger partial charge >= 0.3 is 0 Å². The molecule has 0 aromatic heterocycles. The van der Waals surface area contributed by atoms with Gasteiger partial charge in [0.1, 0.15) is 0 Å². The zero-order valence-electron chi connectivity index (χ0n) is 7.94. The van der Waals surface area contributed by atoms with Gasteiger partial charge in [-0.2, -0.15) is 0 Å². The van der Waals surface area contributed by atoms with Crippen LogP contribution in [-0.2, 0) is 0 Å². The van der Waals surface area contributed by atoms with Crippen LogP contribution in [-0.4, -0.2) is 18.1 Å². The molecule has 0 saturated carbocycles. The largest absolute Gasteiger partial charge is 0.331 e. The lowest BCUT2D eigenvalue weighted by molar-refractivity contribution is 0.507. The van der Waals surface area contributed by atoms with Gasteiger partial charge in [-0.1, -0.05) is 13.8 Å². The molecule has 0 aromatic rings. The zero-order valence-corrected chi connectivity index (χ0v) is 7.94. The molecular weight excluding hydrogens is 138 g/mol. The van der Waals surface area contributed by atoms with Gasteiger partial charge in [0.25, 0.3) is 0 Å². The minimum absolute atomic E-state index is 0.0816. The normalized spacial score (nSPS) is 9.18. The number of nitrogens with one attached hydrogen (secondary N) is 1. The Balaban J connectivity index is 0. The lowest BCUT2D eigenvalue weighted by Gasteiger charge is -2.12. The SMILES string of the molecule is CCC(C)(C)N=C=N.CCN. The van der Waals surface area contributed by atoms with E-state index in [-0.39, 0.29) is 5.54 Å². The lowest BCUT2D eigenvalue weighted by atomic mass is 10.0. The topological polar surface area (TPSA) is 62.2 Å². The second-order valence-electron chi connectivity index (χ2n) is 2.80. The molecule has 0 atom stereocenters. The highest BCUT2D eigenvalue weighted by molar-refractivity contribution is 5.37. The number of aliphatic imine (C=N–C) groups is 1. The second kappa shape index (κ2) is 7.45. The fourth-order valence-electron chi connectivity index (χ4n) is 0.230. The van der Waals surface area contributed by atoms with Crippen LogP contribution < -0.4 is 5.73 Å². The Morgan fingerprint density at radius 2 is 1.82 bits per heavy atom.